The van der Waals surface area contributed by atoms with Gasteiger partial charge in [-0.3, -0.25) is 0 Å². The Balaban J connectivity index is 2.49. The fraction of sp³-hybridized carbons (Fsp3) is 0.889. The number of carbonyl (C=O) groups is 1. The Hall–Kier alpha value is -0.770. The van der Waals surface area contributed by atoms with E-state index < -0.39 is 0 Å². The molecule has 0 aromatic heterocycles. The summed E-state index contributed by atoms with van der Waals surface area (Å²) in [5.41, 5.74) is 0. The number of ether oxygens (including phenoxy) is 1. The van der Waals surface area contributed by atoms with Crippen LogP contribution in [0.4, 0.5) is 4.79 Å². The van der Waals surface area contributed by atoms with Crippen molar-refractivity contribution in [2.45, 2.75) is 26.3 Å². The molecule has 0 aromatic carbocycles. The van der Waals surface area contributed by atoms with Gasteiger partial charge < -0.3 is 14.7 Å². The van der Waals surface area contributed by atoms with E-state index in [2.05, 4.69) is 13.8 Å². The Morgan fingerprint density at radius 1 is 1.69 bits per heavy atom. The molecule has 1 unspecified atom stereocenters. The number of rotatable bonds is 4. The van der Waals surface area contributed by atoms with E-state index in [4.69, 9.17) is 9.84 Å². The van der Waals surface area contributed by atoms with E-state index in [1.54, 1.807) is 4.90 Å². The number of cyclic esters (lactones) is 1. The molecule has 1 aliphatic heterocycles. The van der Waals surface area contributed by atoms with Crippen LogP contribution in [0.5, 0.6) is 0 Å². The van der Waals surface area contributed by atoms with Crippen LogP contribution in [0.3, 0.4) is 0 Å². The van der Waals surface area contributed by atoms with Crippen LogP contribution in [0, 0.1) is 5.92 Å². The Bertz CT molecular complexity index is 182. The Labute approximate surface area is 78.5 Å². The van der Waals surface area contributed by atoms with Gasteiger partial charge >= 0.3 is 6.09 Å². The van der Waals surface area contributed by atoms with Crippen molar-refractivity contribution in [3.8, 4) is 0 Å². The van der Waals surface area contributed by atoms with Crippen LogP contribution in [0.2, 0.25) is 0 Å². The minimum atomic E-state index is -0.243. The van der Waals surface area contributed by atoms with Gasteiger partial charge in [0.1, 0.15) is 6.61 Å². The van der Waals surface area contributed by atoms with Crippen molar-refractivity contribution < 1.29 is 14.6 Å². The van der Waals surface area contributed by atoms with Gasteiger partial charge in [0.05, 0.1) is 6.04 Å². The van der Waals surface area contributed by atoms with Gasteiger partial charge in [0.15, 0.2) is 0 Å². The Morgan fingerprint density at radius 2 is 2.38 bits per heavy atom. The molecular formula is C9H17NO3. The topological polar surface area (TPSA) is 49.8 Å². The molecule has 0 aliphatic carbocycles. The molecule has 76 valence electrons. The Kier molecular flexibility index (Phi) is 3.54. The van der Waals surface area contributed by atoms with Crippen molar-refractivity contribution in [2.75, 3.05) is 19.8 Å². The standard InChI is InChI=1S/C9H17NO3/c1-7(2)5-10-8(3-4-11)6-13-9(10)12/h7-8,11H,3-6H2,1-2H3. The molecule has 4 nitrogen and oxygen atoms in total. The predicted molar refractivity (Wildman–Crippen MR) is 48.4 cm³/mol. The average Bonchev–Trinajstić information content (AvgIpc) is 2.36. The van der Waals surface area contributed by atoms with Crippen LogP contribution >= 0.6 is 0 Å². The zero-order valence-corrected chi connectivity index (χ0v) is 8.19. The van der Waals surface area contributed by atoms with Gasteiger partial charge in [-0.2, -0.15) is 0 Å². The molecule has 1 N–H and O–H groups in total. The molecule has 4 heteroatoms. The van der Waals surface area contributed by atoms with Gasteiger partial charge in [0.2, 0.25) is 0 Å². The van der Waals surface area contributed by atoms with Crippen molar-refractivity contribution in [3.63, 3.8) is 0 Å². The summed E-state index contributed by atoms with van der Waals surface area (Å²) in [6.45, 7) is 5.36. The molecule has 1 atom stereocenters. The Morgan fingerprint density at radius 3 is 2.92 bits per heavy atom. The first kappa shape index (κ1) is 10.3. The second-order valence-corrected chi connectivity index (χ2v) is 3.79. The third-order valence-corrected chi connectivity index (χ3v) is 2.10. The molecule has 0 spiro atoms. The van der Waals surface area contributed by atoms with Gasteiger partial charge in [-0.05, 0) is 12.3 Å². The third-order valence-electron chi connectivity index (χ3n) is 2.10. The first-order valence-corrected chi connectivity index (χ1v) is 4.69. The zero-order chi connectivity index (χ0) is 9.84. The van der Waals surface area contributed by atoms with E-state index in [1.165, 1.54) is 0 Å². The highest BCUT2D eigenvalue weighted by atomic mass is 16.6. The molecule has 0 aromatic rings. The van der Waals surface area contributed by atoms with E-state index >= 15 is 0 Å². The van der Waals surface area contributed by atoms with Gasteiger partial charge in [0, 0.05) is 13.2 Å². The molecular weight excluding hydrogens is 170 g/mol. The highest BCUT2D eigenvalue weighted by Gasteiger charge is 2.32. The minimum absolute atomic E-state index is 0.0694. The molecule has 1 aliphatic rings. The van der Waals surface area contributed by atoms with Crippen molar-refractivity contribution in [1.29, 1.82) is 0 Å². The van der Waals surface area contributed by atoms with E-state index in [0.29, 0.717) is 25.5 Å². The minimum Gasteiger partial charge on any atom is -0.447 e. The fourth-order valence-electron chi connectivity index (χ4n) is 1.49. The zero-order valence-electron chi connectivity index (χ0n) is 8.19. The number of hydrogen-bond acceptors (Lipinski definition) is 3. The SMILES string of the molecule is CC(C)CN1C(=O)OCC1CCO. The van der Waals surface area contributed by atoms with Crippen molar-refractivity contribution in [2.24, 2.45) is 5.92 Å². The van der Waals surface area contributed by atoms with Gasteiger partial charge in [-0.1, -0.05) is 13.8 Å². The predicted octanol–water partition coefficient (Wildman–Crippen LogP) is 0.846. The largest absolute Gasteiger partial charge is 0.447 e. The highest BCUT2D eigenvalue weighted by molar-refractivity contribution is 5.70. The van der Waals surface area contributed by atoms with Crippen molar-refractivity contribution >= 4 is 6.09 Å². The summed E-state index contributed by atoms with van der Waals surface area (Å²) < 4.78 is 4.91. The second-order valence-electron chi connectivity index (χ2n) is 3.79. The number of amides is 1. The summed E-state index contributed by atoms with van der Waals surface area (Å²) in [6.07, 6.45) is 0.366. The lowest BCUT2D eigenvalue weighted by atomic mass is 10.1. The summed E-state index contributed by atoms with van der Waals surface area (Å²) in [5, 5.41) is 8.77. The number of aliphatic hydroxyl groups excluding tert-OH is 1. The normalized spacial score (nSPS) is 22.6. The molecule has 1 rings (SSSR count). The van der Waals surface area contributed by atoms with E-state index in [-0.39, 0.29) is 18.7 Å². The molecule has 13 heavy (non-hydrogen) atoms. The fourth-order valence-corrected chi connectivity index (χ4v) is 1.49. The third kappa shape index (κ3) is 2.59. The van der Waals surface area contributed by atoms with Crippen LogP contribution in [0.25, 0.3) is 0 Å². The van der Waals surface area contributed by atoms with Crippen LogP contribution in [0.15, 0.2) is 0 Å². The second kappa shape index (κ2) is 4.46. The number of hydrogen-bond donors (Lipinski definition) is 1. The first-order valence-electron chi connectivity index (χ1n) is 4.69. The lowest BCUT2D eigenvalue weighted by Gasteiger charge is -2.22. The molecule has 1 saturated heterocycles. The van der Waals surface area contributed by atoms with Crippen LogP contribution < -0.4 is 0 Å². The van der Waals surface area contributed by atoms with Crippen LogP contribution in [-0.4, -0.2) is 41.9 Å². The molecule has 1 amide bonds. The van der Waals surface area contributed by atoms with E-state index in [1.807, 2.05) is 0 Å². The van der Waals surface area contributed by atoms with Crippen molar-refractivity contribution in [3.05, 3.63) is 0 Å². The number of aliphatic hydroxyl groups is 1. The highest BCUT2D eigenvalue weighted by Crippen LogP contribution is 2.16. The maximum absolute atomic E-state index is 11.2. The summed E-state index contributed by atoms with van der Waals surface area (Å²) in [6, 6.07) is 0.0694. The number of carbonyl (C=O) groups excluding carboxylic acids is 1. The first-order chi connectivity index (χ1) is 6.15. The van der Waals surface area contributed by atoms with E-state index in [0.717, 1.165) is 0 Å². The number of nitrogens with zero attached hydrogens (tertiary/aromatic N) is 1. The van der Waals surface area contributed by atoms with Gasteiger partial charge in [0.25, 0.3) is 0 Å². The summed E-state index contributed by atoms with van der Waals surface area (Å²) >= 11 is 0. The summed E-state index contributed by atoms with van der Waals surface area (Å²) in [7, 11) is 0. The monoisotopic (exact) mass is 187 g/mol. The molecule has 0 saturated carbocycles. The summed E-state index contributed by atoms with van der Waals surface area (Å²) in [4.78, 5) is 12.9. The van der Waals surface area contributed by atoms with Crippen LogP contribution in [0.1, 0.15) is 20.3 Å². The van der Waals surface area contributed by atoms with Gasteiger partial charge in [-0.15, -0.1) is 0 Å². The molecule has 1 fully saturated rings. The quantitative estimate of drug-likeness (QED) is 0.709. The molecule has 1 heterocycles. The lowest BCUT2D eigenvalue weighted by molar-refractivity contribution is 0.153. The smallest absolute Gasteiger partial charge is 0.410 e. The molecule has 0 bridgehead atoms. The summed E-state index contributed by atoms with van der Waals surface area (Å²) in [5.74, 6) is 0.437. The van der Waals surface area contributed by atoms with Crippen molar-refractivity contribution in [1.82, 2.24) is 4.90 Å². The maximum Gasteiger partial charge on any atom is 0.410 e. The molecule has 0 radical (unpaired) electrons. The average molecular weight is 187 g/mol. The van der Waals surface area contributed by atoms with E-state index in [9.17, 15) is 4.79 Å². The van der Waals surface area contributed by atoms with Gasteiger partial charge in [-0.25, -0.2) is 4.79 Å². The van der Waals surface area contributed by atoms with Crippen LogP contribution in [-0.2, 0) is 4.74 Å². The lowest BCUT2D eigenvalue weighted by Crippen LogP contribution is -2.36. The maximum atomic E-state index is 11.2.